The lowest BCUT2D eigenvalue weighted by Crippen LogP contribution is -2.34. The van der Waals surface area contributed by atoms with Crippen LogP contribution in [0.4, 0.5) is 11.4 Å². The van der Waals surface area contributed by atoms with Gasteiger partial charge in [-0.3, -0.25) is 4.79 Å². The largest absolute Gasteiger partial charge is 0.397 e. The first-order valence-corrected chi connectivity index (χ1v) is 6.94. The fourth-order valence-electron chi connectivity index (χ4n) is 2.24. The van der Waals surface area contributed by atoms with E-state index in [0.29, 0.717) is 11.3 Å². The number of unbranched alkanes of at least 4 members (excludes halogenated alkanes) is 2. The van der Waals surface area contributed by atoms with E-state index in [1.54, 1.807) is 12.1 Å². The fraction of sp³-hybridized carbons (Fsp3) is 0.533. The summed E-state index contributed by atoms with van der Waals surface area (Å²) in [6, 6.07) is 5.60. The number of nitrogens with zero attached hydrogens (tertiary/aromatic N) is 1. The second-order valence-corrected chi connectivity index (χ2v) is 5.10. The molecule has 0 aliphatic heterocycles. The molecule has 0 atom stereocenters. The molecule has 0 saturated heterocycles. The van der Waals surface area contributed by atoms with Crippen molar-refractivity contribution in [2.45, 2.75) is 46.1 Å². The van der Waals surface area contributed by atoms with Crippen LogP contribution in [0.3, 0.4) is 0 Å². The summed E-state index contributed by atoms with van der Waals surface area (Å²) in [7, 11) is 0. The maximum atomic E-state index is 11.6. The van der Waals surface area contributed by atoms with Crippen molar-refractivity contribution in [2.75, 3.05) is 17.2 Å². The van der Waals surface area contributed by atoms with E-state index >= 15 is 0 Å². The minimum Gasteiger partial charge on any atom is -0.397 e. The normalized spacial score (nSPS) is 10.7. The Balaban J connectivity index is 3.10. The molecule has 0 saturated carbocycles. The number of carbonyl (C=O) groups excluding carboxylic acids is 1. The van der Waals surface area contributed by atoms with Gasteiger partial charge in [0.2, 0.25) is 0 Å². The molecular formula is C15H25N3O. The maximum absolute atomic E-state index is 11.6. The predicted molar refractivity (Wildman–Crippen MR) is 81.4 cm³/mol. The maximum Gasteiger partial charge on any atom is 0.250 e. The third-order valence-corrected chi connectivity index (χ3v) is 3.25. The molecule has 106 valence electrons. The first-order valence-electron chi connectivity index (χ1n) is 6.94. The molecule has 0 aromatic heterocycles. The second kappa shape index (κ2) is 7.02. The highest BCUT2D eigenvalue weighted by atomic mass is 16.1. The third-order valence-electron chi connectivity index (χ3n) is 3.25. The van der Waals surface area contributed by atoms with E-state index in [1.807, 2.05) is 6.07 Å². The Kier molecular flexibility index (Phi) is 5.67. The lowest BCUT2D eigenvalue weighted by Gasteiger charge is -2.31. The summed E-state index contributed by atoms with van der Waals surface area (Å²) in [5.74, 6) is -0.427. The smallest absolute Gasteiger partial charge is 0.250 e. The molecule has 1 amide bonds. The van der Waals surface area contributed by atoms with E-state index in [2.05, 4.69) is 25.7 Å². The lowest BCUT2D eigenvalue weighted by atomic mass is 10.1. The number of benzene rings is 1. The standard InChI is InChI=1S/C15H25N3O/c1-4-5-6-10-18(11(2)3)14-12(15(17)19)8-7-9-13(14)16/h7-9,11H,4-6,10,16H2,1-3H3,(H2,17,19). The van der Waals surface area contributed by atoms with Crippen LogP contribution in [-0.4, -0.2) is 18.5 Å². The molecule has 0 aliphatic carbocycles. The Morgan fingerprint density at radius 2 is 2.00 bits per heavy atom. The monoisotopic (exact) mass is 263 g/mol. The van der Waals surface area contributed by atoms with Gasteiger partial charge in [-0.15, -0.1) is 0 Å². The molecule has 0 aliphatic rings. The van der Waals surface area contributed by atoms with Crippen LogP contribution in [0.1, 0.15) is 50.4 Å². The lowest BCUT2D eigenvalue weighted by molar-refractivity contribution is 0.100. The van der Waals surface area contributed by atoms with E-state index in [9.17, 15) is 4.79 Å². The minimum atomic E-state index is -0.427. The summed E-state index contributed by atoms with van der Waals surface area (Å²) in [5, 5.41) is 0. The van der Waals surface area contributed by atoms with Gasteiger partial charge in [0.25, 0.3) is 5.91 Å². The Morgan fingerprint density at radius 3 is 2.53 bits per heavy atom. The Bertz CT molecular complexity index is 429. The van der Waals surface area contributed by atoms with Crippen LogP contribution in [0.5, 0.6) is 0 Å². The summed E-state index contributed by atoms with van der Waals surface area (Å²) in [6.45, 7) is 7.26. The van der Waals surface area contributed by atoms with Crippen molar-refractivity contribution in [3.8, 4) is 0 Å². The summed E-state index contributed by atoms with van der Waals surface area (Å²) in [5.41, 5.74) is 13.4. The van der Waals surface area contributed by atoms with Gasteiger partial charge in [-0.1, -0.05) is 25.8 Å². The van der Waals surface area contributed by atoms with Gasteiger partial charge >= 0.3 is 0 Å². The van der Waals surface area contributed by atoms with E-state index in [4.69, 9.17) is 11.5 Å². The Hall–Kier alpha value is -1.71. The highest BCUT2D eigenvalue weighted by Crippen LogP contribution is 2.29. The van der Waals surface area contributed by atoms with Gasteiger partial charge < -0.3 is 16.4 Å². The summed E-state index contributed by atoms with van der Waals surface area (Å²) < 4.78 is 0. The van der Waals surface area contributed by atoms with Gasteiger partial charge in [-0.05, 0) is 32.4 Å². The van der Waals surface area contributed by atoms with Crippen LogP contribution in [0, 0.1) is 0 Å². The molecule has 1 aromatic rings. The SMILES string of the molecule is CCCCCN(c1c(N)cccc1C(N)=O)C(C)C. The van der Waals surface area contributed by atoms with Gasteiger partial charge in [-0.25, -0.2) is 0 Å². The molecule has 1 aromatic carbocycles. The van der Waals surface area contributed by atoms with Gasteiger partial charge in [0.1, 0.15) is 0 Å². The molecule has 4 heteroatoms. The van der Waals surface area contributed by atoms with E-state index in [-0.39, 0.29) is 6.04 Å². The molecule has 0 heterocycles. The fourth-order valence-corrected chi connectivity index (χ4v) is 2.24. The van der Waals surface area contributed by atoms with Crippen LogP contribution in [0.25, 0.3) is 0 Å². The molecule has 4 N–H and O–H groups in total. The molecule has 0 bridgehead atoms. The first kappa shape index (κ1) is 15.3. The topological polar surface area (TPSA) is 72.3 Å². The summed E-state index contributed by atoms with van der Waals surface area (Å²) >= 11 is 0. The van der Waals surface area contributed by atoms with Gasteiger partial charge in [0.05, 0.1) is 16.9 Å². The average molecular weight is 263 g/mol. The number of nitrogens with two attached hydrogens (primary N) is 2. The van der Waals surface area contributed by atoms with Crippen LogP contribution in [0.2, 0.25) is 0 Å². The van der Waals surface area contributed by atoms with Crippen molar-refractivity contribution in [1.82, 2.24) is 0 Å². The third kappa shape index (κ3) is 3.88. The number of carbonyl (C=O) groups is 1. The van der Waals surface area contributed by atoms with E-state index < -0.39 is 5.91 Å². The summed E-state index contributed by atoms with van der Waals surface area (Å²) in [6.07, 6.45) is 3.42. The number of amides is 1. The number of primary amides is 1. The average Bonchev–Trinajstić information content (AvgIpc) is 2.34. The van der Waals surface area contributed by atoms with Crippen molar-refractivity contribution >= 4 is 17.3 Å². The number of rotatable bonds is 7. The van der Waals surface area contributed by atoms with Gasteiger partial charge in [0, 0.05) is 12.6 Å². The van der Waals surface area contributed by atoms with E-state index in [1.165, 1.54) is 12.8 Å². The zero-order chi connectivity index (χ0) is 14.4. The number of anilines is 2. The number of para-hydroxylation sites is 1. The molecule has 1 rings (SSSR count). The highest BCUT2D eigenvalue weighted by molar-refractivity contribution is 6.01. The quantitative estimate of drug-likeness (QED) is 0.587. The molecule has 0 fully saturated rings. The predicted octanol–water partition coefficient (Wildman–Crippen LogP) is 2.77. The first-order chi connectivity index (χ1) is 8.99. The zero-order valence-corrected chi connectivity index (χ0v) is 12.1. The van der Waals surface area contributed by atoms with Crippen molar-refractivity contribution in [2.24, 2.45) is 5.73 Å². The van der Waals surface area contributed by atoms with Gasteiger partial charge in [0.15, 0.2) is 0 Å². The molecule has 19 heavy (non-hydrogen) atoms. The number of hydrogen-bond donors (Lipinski definition) is 2. The highest BCUT2D eigenvalue weighted by Gasteiger charge is 2.19. The zero-order valence-electron chi connectivity index (χ0n) is 12.1. The number of nitrogen functional groups attached to an aromatic ring is 1. The number of hydrogen-bond acceptors (Lipinski definition) is 3. The van der Waals surface area contributed by atoms with Crippen LogP contribution < -0.4 is 16.4 Å². The second-order valence-electron chi connectivity index (χ2n) is 5.10. The minimum absolute atomic E-state index is 0.277. The van der Waals surface area contributed by atoms with Gasteiger partial charge in [-0.2, -0.15) is 0 Å². The van der Waals surface area contributed by atoms with Crippen molar-refractivity contribution < 1.29 is 4.79 Å². The van der Waals surface area contributed by atoms with E-state index in [0.717, 1.165) is 18.7 Å². The molecular weight excluding hydrogens is 238 g/mol. The van der Waals surface area contributed by atoms with Crippen LogP contribution in [0.15, 0.2) is 18.2 Å². The van der Waals surface area contributed by atoms with Crippen molar-refractivity contribution in [3.05, 3.63) is 23.8 Å². The van der Waals surface area contributed by atoms with Crippen LogP contribution in [-0.2, 0) is 0 Å². The molecule has 0 unspecified atom stereocenters. The summed E-state index contributed by atoms with van der Waals surface area (Å²) in [4.78, 5) is 13.7. The molecule has 4 nitrogen and oxygen atoms in total. The van der Waals surface area contributed by atoms with Crippen molar-refractivity contribution in [3.63, 3.8) is 0 Å². The Labute approximate surface area is 115 Å². The molecule has 0 spiro atoms. The van der Waals surface area contributed by atoms with Crippen molar-refractivity contribution in [1.29, 1.82) is 0 Å². The van der Waals surface area contributed by atoms with Crippen LogP contribution >= 0.6 is 0 Å². The molecule has 0 radical (unpaired) electrons. The Morgan fingerprint density at radius 1 is 1.32 bits per heavy atom.